The van der Waals surface area contributed by atoms with Crippen LogP contribution in [0.3, 0.4) is 0 Å². The van der Waals surface area contributed by atoms with Crippen LogP contribution in [-0.2, 0) is 10.0 Å². The van der Waals surface area contributed by atoms with Gasteiger partial charge in [-0.3, -0.25) is 9.52 Å². The fraction of sp³-hybridized carbons (Fsp3) is 0.278. The molecule has 0 heterocycles. The van der Waals surface area contributed by atoms with E-state index in [4.69, 9.17) is 9.47 Å². The van der Waals surface area contributed by atoms with Crippen molar-refractivity contribution in [3.8, 4) is 11.5 Å². The molecular formula is C18H22N2O5S. The van der Waals surface area contributed by atoms with E-state index in [2.05, 4.69) is 10.0 Å². The van der Waals surface area contributed by atoms with Crippen molar-refractivity contribution in [1.82, 2.24) is 5.32 Å². The van der Waals surface area contributed by atoms with E-state index in [1.807, 2.05) is 13.8 Å². The molecule has 0 saturated carbocycles. The molecule has 0 fully saturated rings. The summed E-state index contributed by atoms with van der Waals surface area (Å²) in [6.07, 6.45) is 0. The number of rotatable bonds is 7. The van der Waals surface area contributed by atoms with Crippen molar-refractivity contribution in [2.24, 2.45) is 0 Å². The zero-order chi connectivity index (χ0) is 19.3. The summed E-state index contributed by atoms with van der Waals surface area (Å²) in [7, 11) is -0.833. The molecule has 2 aromatic rings. The molecule has 0 saturated heterocycles. The third kappa shape index (κ3) is 4.66. The first-order valence-electron chi connectivity index (χ1n) is 7.92. The van der Waals surface area contributed by atoms with E-state index in [-0.39, 0.29) is 16.8 Å². The number of anilines is 1. The third-order valence-corrected chi connectivity index (χ3v) is 4.88. The van der Waals surface area contributed by atoms with Gasteiger partial charge in [0, 0.05) is 17.7 Å². The van der Waals surface area contributed by atoms with Crippen LogP contribution in [0, 0.1) is 0 Å². The molecule has 0 aliphatic carbocycles. The maximum absolute atomic E-state index is 12.5. The Labute approximate surface area is 153 Å². The lowest BCUT2D eigenvalue weighted by Crippen LogP contribution is -2.30. The molecule has 0 radical (unpaired) electrons. The molecule has 0 bridgehead atoms. The number of sulfonamides is 1. The fourth-order valence-corrected chi connectivity index (χ4v) is 3.29. The maximum Gasteiger partial charge on any atom is 0.261 e. The second-order valence-electron chi connectivity index (χ2n) is 5.83. The predicted octanol–water partition coefficient (Wildman–Crippen LogP) is 2.64. The molecule has 2 rings (SSSR count). The highest BCUT2D eigenvalue weighted by atomic mass is 32.2. The fourth-order valence-electron chi connectivity index (χ4n) is 2.24. The van der Waals surface area contributed by atoms with Crippen LogP contribution in [0.5, 0.6) is 11.5 Å². The van der Waals surface area contributed by atoms with Gasteiger partial charge in [0.1, 0.15) is 0 Å². The molecular weight excluding hydrogens is 356 g/mol. The summed E-state index contributed by atoms with van der Waals surface area (Å²) < 4.78 is 37.8. The average Bonchev–Trinajstić information content (AvgIpc) is 2.60. The zero-order valence-electron chi connectivity index (χ0n) is 15.1. The quantitative estimate of drug-likeness (QED) is 0.772. The summed E-state index contributed by atoms with van der Waals surface area (Å²) >= 11 is 0. The van der Waals surface area contributed by atoms with Gasteiger partial charge in [0.05, 0.1) is 24.8 Å². The molecule has 1 amide bonds. The Morgan fingerprint density at radius 2 is 1.58 bits per heavy atom. The lowest BCUT2D eigenvalue weighted by Gasteiger charge is -2.12. The minimum absolute atomic E-state index is 0.00220. The molecule has 140 valence electrons. The number of carbonyl (C=O) groups is 1. The minimum Gasteiger partial charge on any atom is -0.493 e. The van der Waals surface area contributed by atoms with Crippen LogP contribution in [0.4, 0.5) is 5.69 Å². The highest BCUT2D eigenvalue weighted by molar-refractivity contribution is 7.92. The van der Waals surface area contributed by atoms with Crippen molar-refractivity contribution in [3.05, 3.63) is 48.0 Å². The Kier molecular flexibility index (Phi) is 6.10. The van der Waals surface area contributed by atoms with Crippen LogP contribution in [0.2, 0.25) is 0 Å². The standard InChI is InChI=1S/C18H22N2O5S/c1-12(2)19-18(21)13-5-8-15(9-6-13)26(22,23)20-14-7-10-16(24-3)17(11-14)25-4/h5-12,20H,1-4H3,(H,19,21). The van der Waals surface area contributed by atoms with Crippen molar-refractivity contribution in [3.63, 3.8) is 0 Å². The largest absolute Gasteiger partial charge is 0.493 e. The van der Waals surface area contributed by atoms with Crippen molar-refractivity contribution < 1.29 is 22.7 Å². The van der Waals surface area contributed by atoms with Crippen LogP contribution in [0.15, 0.2) is 47.4 Å². The van der Waals surface area contributed by atoms with E-state index in [0.29, 0.717) is 22.7 Å². The van der Waals surface area contributed by atoms with Crippen LogP contribution in [0.1, 0.15) is 24.2 Å². The highest BCUT2D eigenvalue weighted by Gasteiger charge is 2.16. The van der Waals surface area contributed by atoms with E-state index in [1.54, 1.807) is 12.1 Å². The summed E-state index contributed by atoms with van der Waals surface area (Å²) in [5.41, 5.74) is 0.730. The molecule has 0 spiro atoms. The van der Waals surface area contributed by atoms with Crippen molar-refractivity contribution in [1.29, 1.82) is 0 Å². The zero-order valence-corrected chi connectivity index (χ0v) is 15.9. The Morgan fingerprint density at radius 3 is 2.12 bits per heavy atom. The van der Waals surface area contributed by atoms with Crippen molar-refractivity contribution >= 4 is 21.6 Å². The van der Waals surface area contributed by atoms with Crippen molar-refractivity contribution in [2.75, 3.05) is 18.9 Å². The van der Waals surface area contributed by atoms with E-state index >= 15 is 0 Å². The normalized spacial score (nSPS) is 11.1. The van der Waals surface area contributed by atoms with Gasteiger partial charge in [0.2, 0.25) is 0 Å². The summed E-state index contributed by atoms with van der Waals surface area (Å²) in [6, 6.07) is 10.4. The number of carbonyl (C=O) groups excluding carboxylic acids is 1. The van der Waals surface area contributed by atoms with E-state index in [9.17, 15) is 13.2 Å². The Bertz CT molecular complexity index is 877. The van der Waals surface area contributed by atoms with Crippen LogP contribution in [0.25, 0.3) is 0 Å². The highest BCUT2D eigenvalue weighted by Crippen LogP contribution is 2.30. The average molecular weight is 378 g/mol. The Balaban J connectivity index is 2.21. The first-order chi connectivity index (χ1) is 12.3. The lowest BCUT2D eigenvalue weighted by molar-refractivity contribution is 0.0943. The molecule has 26 heavy (non-hydrogen) atoms. The monoisotopic (exact) mass is 378 g/mol. The van der Waals surface area contributed by atoms with Crippen LogP contribution in [-0.4, -0.2) is 34.6 Å². The maximum atomic E-state index is 12.5. The first-order valence-corrected chi connectivity index (χ1v) is 9.41. The van der Waals surface area contributed by atoms with Crippen LogP contribution < -0.4 is 19.5 Å². The van der Waals surface area contributed by atoms with Gasteiger partial charge in [0.25, 0.3) is 15.9 Å². The molecule has 0 unspecified atom stereocenters. The summed E-state index contributed by atoms with van der Waals surface area (Å²) in [4.78, 5) is 12.0. The second kappa shape index (κ2) is 8.09. The van der Waals surface area contributed by atoms with Gasteiger partial charge >= 0.3 is 0 Å². The molecule has 0 aliphatic rings. The molecule has 2 aromatic carbocycles. The number of ether oxygens (including phenoxy) is 2. The predicted molar refractivity (Wildman–Crippen MR) is 99.4 cm³/mol. The SMILES string of the molecule is COc1ccc(NS(=O)(=O)c2ccc(C(=O)NC(C)C)cc2)cc1OC. The van der Waals surface area contributed by atoms with E-state index < -0.39 is 10.0 Å². The van der Waals surface area contributed by atoms with E-state index in [1.165, 1.54) is 44.6 Å². The first kappa shape index (κ1) is 19.6. The number of hydrogen-bond acceptors (Lipinski definition) is 5. The second-order valence-corrected chi connectivity index (χ2v) is 7.51. The van der Waals surface area contributed by atoms with Gasteiger partial charge in [0.15, 0.2) is 11.5 Å². The molecule has 0 aliphatic heterocycles. The van der Waals surface area contributed by atoms with Gasteiger partial charge in [-0.25, -0.2) is 8.42 Å². The van der Waals surface area contributed by atoms with Crippen molar-refractivity contribution in [2.45, 2.75) is 24.8 Å². The molecule has 0 atom stereocenters. The Hall–Kier alpha value is -2.74. The Morgan fingerprint density at radius 1 is 0.962 bits per heavy atom. The number of amides is 1. The van der Waals surface area contributed by atoms with Gasteiger partial charge < -0.3 is 14.8 Å². The number of hydrogen-bond donors (Lipinski definition) is 2. The lowest BCUT2D eigenvalue weighted by atomic mass is 10.2. The minimum atomic E-state index is -3.80. The molecule has 0 aromatic heterocycles. The van der Waals surface area contributed by atoms with Gasteiger partial charge in [-0.15, -0.1) is 0 Å². The van der Waals surface area contributed by atoms with Gasteiger partial charge in [-0.05, 0) is 50.2 Å². The van der Waals surface area contributed by atoms with Gasteiger partial charge in [-0.1, -0.05) is 0 Å². The third-order valence-electron chi connectivity index (χ3n) is 3.48. The molecule has 2 N–H and O–H groups in total. The summed E-state index contributed by atoms with van der Waals surface area (Å²) in [5, 5.41) is 2.75. The number of methoxy groups -OCH3 is 2. The van der Waals surface area contributed by atoms with E-state index in [0.717, 1.165) is 0 Å². The molecule has 8 heteroatoms. The topological polar surface area (TPSA) is 93.7 Å². The summed E-state index contributed by atoms with van der Waals surface area (Å²) in [6.45, 7) is 3.70. The van der Waals surface area contributed by atoms with Crippen LogP contribution >= 0.6 is 0 Å². The molecule has 7 nitrogen and oxygen atoms in total. The smallest absolute Gasteiger partial charge is 0.261 e. The number of benzene rings is 2. The van der Waals surface area contributed by atoms with Gasteiger partial charge in [-0.2, -0.15) is 0 Å². The summed E-state index contributed by atoms with van der Waals surface area (Å²) in [5.74, 6) is 0.654. The number of nitrogens with one attached hydrogen (secondary N) is 2.